The number of halogens is 1. The molecule has 1 heterocycles. The number of rotatable bonds is 4. The maximum atomic E-state index is 10.8. The van der Waals surface area contributed by atoms with Gasteiger partial charge in [-0.2, -0.15) is 0 Å². The first-order chi connectivity index (χ1) is 8.56. The van der Waals surface area contributed by atoms with Crippen LogP contribution in [0, 0.1) is 0 Å². The maximum Gasteiger partial charge on any atom is 0.407 e. The zero-order chi connectivity index (χ0) is 13.1. The summed E-state index contributed by atoms with van der Waals surface area (Å²) in [6.07, 6.45) is -0.691. The van der Waals surface area contributed by atoms with Crippen LogP contribution in [0.25, 0.3) is 0 Å². The molecule has 0 radical (unpaired) electrons. The molecule has 2 rings (SSSR count). The normalized spacial score (nSPS) is 20.2. The van der Waals surface area contributed by atoms with E-state index in [2.05, 4.69) is 5.32 Å². The van der Waals surface area contributed by atoms with Crippen molar-refractivity contribution in [3.05, 3.63) is 28.8 Å². The molecule has 0 aliphatic carbocycles. The molecular weight excluding hydrogens is 256 g/mol. The highest BCUT2D eigenvalue weighted by Crippen LogP contribution is 2.27. The standard InChI is InChI=1S/C12H15ClN2O3/c1-7(14)8-2-3-11(10(13)4-8)17-6-9-5-15-12(16)18-9/h2-4,7,9H,5-6,14H2,1H3,(H,15,16). The Balaban J connectivity index is 1.95. The molecule has 2 unspecified atom stereocenters. The van der Waals surface area contributed by atoms with Crippen molar-refractivity contribution in [2.45, 2.75) is 19.1 Å². The quantitative estimate of drug-likeness (QED) is 0.876. The Hall–Kier alpha value is -1.46. The van der Waals surface area contributed by atoms with Crippen LogP contribution in [0.2, 0.25) is 5.02 Å². The van der Waals surface area contributed by atoms with Crippen molar-refractivity contribution in [2.75, 3.05) is 13.2 Å². The average Bonchev–Trinajstić information content (AvgIpc) is 2.73. The van der Waals surface area contributed by atoms with Crippen LogP contribution in [0.5, 0.6) is 5.75 Å². The van der Waals surface area contributed by atoms with Gasteiger partial charge in [0.25, 0.3) is 0 Å². The molecule has 2 atom stereocenters. The minimum absolute atomic E-state index is 0.0727. The highest BCUT2D eigenvalue weighted by atomic mass is 35.5. The van der Waals surface area contributed by atoms with E-state index in [9.17, 15) is 4.79 Å². The number of alkyl carbamates (subject to hydrolysis) is 1. The number of cyclic esters (lactones) is 1. The molecule has 6 heteroatoms. The second-order valence-corrected chi connectivity index (χ2v) is 4.60. The molecule has 0 aromatic heterocycles. The fourth-order valence-electron chi connectivity index (χ4n) is 1.62. The van der Waals surface area contributed by atoms with E-state index < -0.39 is 6.09 Å². The lowest BCUT2D eigenvalue weighted by Gasteiger charge is -2.13. The number of carbonyl (C=O) groups is 1. The van der Waals surface area contributed by atoms with E-state index in [0.29, 0.717) is 17.3 Å². The molecule has 98 valence electrons. The van der Waals surface area contributed by atoms with Gasteiger partial charge in [0.1, 0.15) is 12.4 Å². The summed E-state index contributed by atoms with van der Waals surface area (Å²) < 4.78 is 10.5. The van der Waals surface area contributed by atoms with Crippen LogP contribution in [0.3, 0.4) is 0 Å². The maximum absolute atomic E-state index is 10.8. The van der Waals surface area contributed by atoms with Gasteiger partial charge in [0.05, 0.1) is 11.6 Å². The number of benzene rings is 1. The average molecular weight is 271 g/mol. The third-order valence-electron chi connectivity index (χ3n) is 2.65. The lowest BCUT2D eigenvalue weighted by atomic mass is 10.1. The van der Waals surface area contributed by atoms with Crippen molar-refractivity contribution < 1.29 is 14.3 Å². The first kappa shape index (κ1) is 13.0. The van der Waals surface area contributed by atoms with Gasteiger partial charge in [0.15, 0.2) is 6.10 Å². The Morgan fingerprint density at radius 3 is 3.00 bits per heavy atom. The van der Waals surface area contributed by atoms with Gasteiger partial charge in [-0.05, 0) is 24.6 Å². The Labute approximate surface area is 110 Å². The second kappa shape index (κ2) is 5.46. The highest BCUT2D eigenvalue weighted by molar-refractivity contribution is 6.32. The molecule has 1 aliphatic rings. The van der Waals surface area contributed by atoms with Crippen LogP contribution in [-0.2, 0) is 4.74 Å². The van der Waals surface area contributed by atoms with Crippen LogP contribution in [-0.4, -0.2) is 25.3 Å². The summed E-state index contributed by atoms with van der Waals surface area (Å²) in [7, 11) is 0. The number of hydrogen-bond acceptors (Lipinski definition) is 4. The van der Waals surface area contributed by atoms with Gasteiger partial charge in [0.2, 0.25) is 0 Å². The van der Waals surface area contributed by atoms with Gasteiger partial charge in [-0.3, -0.25) is 0 Å². The van der Waals surface area contributed by atoms with Crippen molar-refractivity contribution in [3.8, 4) is 5.75 Å². The molecule has 0 spiro atoms. The van der Waals surface area contributed by atoms with Crippen molar-refractivity contribution in [1.82, 2.24) is 5.32 Å². The van der Waals surface area contributed by atoms with Gasteiger partial charge in [-0.1, -0.05) is 17.7 Å². The van der Waals surface area contributed by atoms with Gasteiger partial charge < -0.3 is 20.5 Å². The number of carbonyl (C=O) groups excluding carboxylic acids is 1. The van der Waals surface area contributed by atoms with E-state index in [1.165, 1.54) is 0 Å². The van der Waals surface area contributed by atoms with Crippen molar-refractivity contribution >= 4 is 17.7 Å². The van der Waals surface area contributed by atoms with Gasteiger partial charge in [0, 0.05) is 6.04 Å². The molecule has 1 saturated heterocycles. The molecule has 5 nitrogen and oxygen atoms in total. The SMILES string of the molecule is CC(N)c1ccc(OCC2CNC(=O)O2)c(Cl)c1. The zero-order valence-corrected chi connectivity index (χ0v) is 10.7. The molecule has 18 heavy (non-hydrogen) atoms. The third kappa shape index (κ3) is 3.05. The summed E-state index contributed by atoms with van der Waals surface area (Å²) in [6, 6.07) is 5.34. The molecule has 1 fully saturated rings. The van der Waals surface area contributed by atoms with E-state index in [-0.39, 0.29) is 18.8 Å². The van der Waals surface area contributed by atoms with Crippen molar-refractivity contribution in [1.29, 1.82) is 0 Å². The number of amides is 1. The minimum Gasteiger partial charge on any atom is -0.488 e. The molecular formula is C12H15ClN2O3. The monoisotopic (exact) mass is 270 g/mol. The summed E-state index contributed by atoms with van der Waals surface area (Å²) in [4.78, 5) is 10.8. The number of nitrogens with one attached hydrogen (secondary N) is 1. The molecule has 1 amide bonds. The second-order valence-electron chi connectivity index (χ2n) is 4.20. The fraction of sp³-hybridized carbons (Fsp3) is 0.417. The fourth-order valence-corrected chi connectivity index (χ4v) is 1.87. The molecule has 1 aromatic rings. The predicted molar refractivity (Wildman–Crippen MR) is 67.8 cm³/mol. The highest BCUT2D eigenvalue weighted by Gasteiger charge is 2.23. The lowest BCUT2D eigenvalue weighted by molar-refractivity contribution is 0.105. The van der Waals surface area contributed by atoms with Gasteiger partial charge in [-0.25, -0.2) is 4.79 Å². The lowest BCUT2D eigenvalue weighted by Crippen LogP contribution is -2.22. The van der Waals surface area contributed by atoms with Crippen LogP contribution in [0.4, 0.5) is 4.79 Å². The first-order valence-electron chi connectivity index (χ1n) is 5.68. The van der Waals surface area contributed by atoms with Crippen LogP contribution in [0.1, 0.15) is 18.5 Å². The van der Waals surface area contributed by atoms with Gasteiger partial charge in [-0.15, -0.1) is 0 Å². The van der Waals surface area contributed by atoms with E-state index in [1.54, 1.807) is 12.1 Å². The summed E-state index contributed by atoms with van der Waals surface area (Å²) >= 11 is 6.08. The molecule has 1 aromatic carbocycles. The van der Waals surface area contributed by atoms with Crippen molar-refractivity contribution in [2.24, 2.45) is 5.73 Å². The number of hydrogen-bond donors (Lipinski definition) is 2. The Morgan fingerprint density at radius 2 is 2.44 bits per heavy atom. The zero-order valence-electron chi connectivity index (χ0n) is 9.98. The van der Waals surface area contributed by atoms with Crippen LogP contribution in [0.15, 0.2) is 18.2 Å². The Kier molecular flexibility index (Phi) is 3.93. The largest absolute Gasteiger partial charge is 0.488 e. The minimum atomic E-state index is -0.415. The van der Waals surface area contributed by atoms with Crippen LogP contribution < -0.4 is 15.8 Å². The third-order valence-corrected chi connectivity index (χ3v) is 2.95. The molecule has 0 bridgehead atoms. The molecule has 3 N–H and O–H groups in total. The van der Waals surface area contributed by atoms with Crippen LogP contribution >= 0.6 is 11.6 Å². The van der Waals surface area contributed by atoms with Gasteiger partial charge >= 0.3 is 6.09 Å². The van der Waals surface area contributed by atoms with E-state index in [0.717, 1.165) is 5.56 Å². The van der Waals surface area contributed by atoms with Crippen molar-refractivity contribution in [3.63, 3.8) is 0 Å². The topological polar surface area (TPSA) is 73.6 Å². The van der Waals surface area contributed by atoms with E-state index in [1.807, 2.05) is 13.0 Å². The summed E-state index contributed by atoms with van der Waals surface area (Å²) in [5.74, 6) is 0.559. The number of nitrogens with two attached hydrogens (primary N) is 1. The predicted octanol–water partition coefficient (Wildman–Crippen LogP) is 1.85. The first-order valence-corrected chi connectivity index (χ1v) is 6.06. The Bertz CT molecular complexity index is 451. The Morgan fingerprint density at radius 1 is 1.67 bits per heavy atom. The molecule has 1 aliphatic heterocycles. The van der Waals surface area contributed by atoms with E-state index >= 15 is 0 Å². The summed E-state index contributed by atoms with van der Waals surface area (Å²) in [5, 5.41) is 3.06. The van der Waals surface area contributed by atoms with E-state index in [4.69, 9.17) is 26.8 Å². The number of ether oxygens (including phenoxy) is 2. The smallest absolute Gasteiger partial charge is 0.407 e. The summed E-state index contributed by atoms with van der Waals surface area (Å²) in [5.41, 5.74) is 6.70. The summed E-state index contributed by atoms with van der Waals surface area (Å²) in [6.45, 7) is 2.61. The molecule has 0 saturated carbocycles.